The van der Waals surface area contributed by atoms with E-state index in [1.165, 1.54) is 22.7 Å². The standard InChI is InChI=1S/C18H22N4O2S2/c1-18(2,3)13-10-26-17(12(13)8-19)21-16(23)14-11-25-15(20-14)9-22-4-6-24-7-5-22/h10-11H,4-7,9H2,1-3H3,(H,21,23). The third kappa shape index (κ3) is 4.30. The summed E-state index contributed by atoms with van der Waals surface area (Å²) in [6.45, 7) is 10.2. The number of amides is 1. The van der Waals surface area contributed by atoms with Crippen LogP contribution >= 0.6 is 22.7 Å². The molecule has 0 aliphatic carbocycles. The number of thiophene rings is 1. The number of thiazole rings is 1. The maximum atomic E-state index is 12.5. The number of carbonyl (C=O) groups excluding carboxylic acids is 1. The summed E-state index contributed by atoms with van der Waals surface area (Å²) in [6, 6.07) is 2.23. The first-order valence-electron chi connectivity index (χ1n) is 8.46. The van der Waals surface area contributed by atoms with Gasteiger partial charge < -0.3 is 10.1 Å². The fraction of sp³-hybridized carbons (Fsp3) is 0.500. The average molecular weight is 391 g/mol. The van der Waals surface area contributed by atoms with E-state index in [4.69, 9.17) is 4.74 Å². The number of nitriles is 1. The Hall–Kier alpha value is -1.79. The van der Waals surface area contributed by atoms with E-state index in [1.807, 2.05) is 5.38 Å². The van der Waals surface area contributed by atoms with Crippen molar-refractivity contribution in [2.75, 3.05) is 31.6 Å². The van der Waals surface area contributed by atoms with Gasteiger partial charge in [0.25, 0.3) is 5.91 Å². The number of aromatic nitrogens is 1. The lowest BCUT2D eigenvalue weighted by Crippen LogP contribution is -2.35. The van der Waals surface area contributed by atoms with E-state index in [2.05, 4.69) is 42.0 Å². The van der Waals surface area contributed by atoms with Crippen molar-refractivity contribution in [3.8, 4) is 6.07 Å². The van der Waals surface area contributed by atoms with Gasteiger partial charge in [-0.05, 0) is 16.4 Å². The van der Waals surface area contributed by atoms with E-state index >= 15 is 0 Å². The number of carbonyl (C=O) groups is 1. The van der Waals surface area contributed by atoms with Gasteiger partial charge in [-0.15, -0.1) is 22.7 Å². The molecule has 0 saturated carbocycles. The van der Waals surface area contributed by atoms with Crippen LogP contribution in [0.15, 0.2) is 10.8 Å². The highest BCUT2D eigenvalue weighted by Crippen LogP contribution is 2.35. The number of rotatable bonds is 4. The summed E-state index contributed by atoms with van der Waals surface area (Å²) in [6.07, 6.45) is 0. The van der Waals surface area contributed by atoms with Crippen LogP contribution in [0.25, 0.3) is 0 Å². The highest BCUT2D eigenvalue weighted by molar-refractivity contribution is 7.14. The fourth-order valence-electron chi connectivity index (χ4n) is 2.72. The smallest absolute Gasteiger partial charge is 0.275 e. The molecule has 2 aromatic rings. The summed E-state index contributed by atoms with van der Waals surface area (Å²) < 4.78 is 5.35. The Morgan fingerprint density at radius 2 is 2.08 bits per heavy atom. The van der Waals surface area contributed by atoms with Gasteiger partial charge in [0.2, 0.25) is 0 Å². The molecule has 1 saturated heterocycles. The molecule has 3 heterocycles. The Labute approximate surface area is 161 Å². The van der Waals surface area contributed by atoms with Gasteiger partial charge in [-0.2, -0.15) is 5.26 Å². The molecular formula is C18H22N4O2S2. The van der Waals surface area contributed by atoms with E-state index in [-0.39, 0.29) is 11.3 Å². The van der Waals surface area contributed by atoms with E-state index in [1.54, 1.807) is 5.38 Å². The molecule has 0 unspecified atom stereocenters. The lowest BCUT2D eigenvalue weighted by Gasteiger charge is -2.25. The number of ether oxygens (including phenoxy) is 1. The molecule has 0 aromatic carbocycles. The molecule has 1 N–H and O–H groups in total. The second kappa shape index (κ2) is 7.84. The molecule has 1 aliphatic rings. The third-order valence-corrected chi connectivity index (χ3v) is 5.91. The second-order valence-corrected chi connectivity index (χ2v) is 9.01. The molecule has 0 atom stereocenters. The van der Waals surface area contributed by atoms with Gasteiger partial charge in [0, 0.05) is 18.5 Å². The summed E-state index contributed by atoms with van der Waals surface area (Å²) in [5, 5.41) is 17.6. The fourth-order valence-corrected chi connectivity index (χ4v) is 4.67. The minimum atomic E-state index is -0.270. The lowest BCUT2D eigenvalue weighted by atomic mass is 9.86. The molecule has 0 radical (unpaired) electrons. The lowest BCUT2D eigenvalue weighted by molar-refractivity contribution is 0.0341. The van der Waals surface area contributed by atoms with E-state index in [0.29, 0.717) is 16.3 Å². The first-order chi connectivity index (χ1) is 12.4. The Morgan fingerprint density at radius 3 is 2.73 bits per heavy atom. The Balaban J connectivity index is 1.69. The summed E-state index contributed by atoms with van der Waals surface area (Å²) in [7, 11) is 0. The normalized spacial score (nSPS) is 15.6. The molecule has 1 amide bonds. The zero-order valence-electron chi connectivity index (χ0n) is 15.2. The minimum absolute atomic E-state index is 0.142. The highest BCUT2D eigenvalue weighted by atomic mass is 32.1. The first kappa shape index (κ1) is 19.0. The van der Waals surface area contributed by atoms with Gasteiger partial charge >= 0.3 is 0 Å². The molecule has 0 bridgehead atoms. The number of nitrogens with one attached hydrogen (secondary N) is 1. The quantitative estimate of drug-likeness (QED) is 0.865. The van der Waals surface area contributed by atoms with E-state index in [9.17, 15) is 10.1 Å². The van der Waals surface area contributed by atoms with Crippen molar-refractivity contribution in [1.82, 2.24) is 9.88 Å². The van der Waals surface area contributed by atoms with Crippen molar-refractivity contribution in [2.24, 2.45) is 0 Å². The average Bonchev–Trinajstić information content (AvgIpc) is 3.22. The summed E-state index contributed by atoms with van der Waals surface area (Å²) in [4.78, 5) is 19.3. The maximum Gasteiger partial charge on any atom is 0.275 e. The first-order valence-corrected chi connectivity index (χ1v) is 10.2. The van der Waals surface area contributed by atoms with Crippen LogP contribution in [0, 0.1) is 11.3 Å². The van der Waals surface area contributed by atoms with Gasteiger partial charge in [0.15, 0.2) is 0 Å². The van der Waals surface area contributed by atoms with Crippen LogP contribution < -0.4 is 5.32 Å². The third-order valence-electron chi connectivity index (χ3n) is 4.18. The van der Waals surface area contributed by atoms with E-state index in [0.717, 1.165) is 43.4 Å². The van der Waals surface area contributed by atoms with Crippen molar-refractivity contribution in [3.63, 3.8) is 0 Å². The van der Waals surface area contributed by atoms with Crippen LogP contribution in [0.5, 0.6) is 0 Å². The van der Waals surface area contributed by atoms with Gasteiger partial charge in [-0.3, -0.25) is 9.69 Å². The van der Waals surface area contributed by atoms with Gasteiger partial charge in [-0.25, -0.2) is 4.98 Å². The van der Waals surface area contributed by atoms with Crippen molar-refractivity contribution in [3.05, 3.63) is 32.6 Å². The van der Waals surface area contributed by atoms with Gasteiger partial charge in [-0.1, -0.05) is 20.8 Å². The van der Waals surface area contributed by atoms with Crippen LogP contribution in [-0.4, -0.2) is 42.1 Å². The van der Waals surface area contributed by atoms with Crippen LogP contribution in [-0.2, 0) is 16.7 Å². The summed E-state index contributed by atoms with van der Waals surface area (Å²) in [5.74, 6) is -0.270. The topological polar surface area (TPSA) is 78.2 Å². The molecular weight excluding hydrogens is 368 g/mol. The molecule has 2 aromatic heterocycles. The monoisotopic (exact) mass is 390 g/mol. The molecule has 3 rings (SSSR count). The van der Waals surface area contributed by atoms with Crippen molar-refractivity contribution in [2.45, 2.75) is 32.7 Å². The zero-order chi connectivity index (χ0) is 18.7. The molecule has 0 spiro atoms. The van der Waals surface area contributed by atoms with Gasteiger partial charge in [0.1, 0.15) is 21.8 Å². The SMILES string of the molecule is CC(C)(C)c1csc(NC(=O)c2csc(CN3CCOCC3)n2)c1C#N. The molecule has 138 valence electrons. The van der Waals surface area contributed by atoms with Crippen LogP contribution in [0.2, 0.25) is 0 Å². The van der Waals surface area contributed by atoms with Gasteiger partial charge in [0.05, 0.1) is 25.3 Å². The Morgan fingerprint density at radius 1 is 1.35 bits per heavy atom. The number of anilines is 1. The minimum Gasteiger partial charge on any atom is -0.379 e. The molecule has 8 heteroatoms. The van der Waals surface area contributed by atoms with Crippen LogP contribution in [0.3, 0.4) is 0 Å². The second-order valence-electron chi connectivity index (χ2n) is 7.18. The molecule has 26 heavy (non-hydrogen) atoms. The number of hydrogen-bond donors (Lipinski definition) is 1. The summed E-state index contributed by atoms with van der Waals surface area (Å²) >= 11 is 2.87. The number of hydrogen-bond acceptors (Lipinski definition) is 7. The predicted molar refractivity (Wildman–Crippen MR) is 104 cm³/mol. The van der Waals surface area contributed by atoms with Crippen molar-refractivity contribution in [1.29, 1.82) is 5.26 Å². The molecule has 1 aliphatic heterocycles. The highest BCUT2D eigenvalue weighted by Gasteiger charge is 2.24. The number of morpholine rings is 1. The Bertz CT molecular complexity index is 823. The van der Waals surface area contributed by atoms with Crippen molar-refractivity contribution >= 4 is 33.6 Å². The zero-order valence-corrected chi connectivity index (χ0v) is 16.8. The maximum absolute atomic E-state index is 12.5. The summed E-state index contributed by atoms with van der Waals surface area (Å²) in [5.41, 5.74) is 1.75. The van der Waals surface area contributed by atoms with Crippen LogP contribution in [0.4, 0.5) is 5.00 Å². The van der Waals surface area contributed by atoms with Crippen molar-refractivity contribution < 1.29 is 9.53 Å². The van der Waals surface area contributed by atoms with E-state index < -0.39 is 0 Å². The predicted octanol–water partition coefficient (Wildman–Crippen LogP) is 3.46. The molecule has 1 fully saturated rings. The largest absolute Gasteiger partial charge is 0.379 e. The molecule has 6 nitrogen and oxygen atoms in total. The number of nitrogens with zero attached hydrogens (tertiary/aromatic N) is 3. The Kier molecular flexibility index (Phi) is 5.73. The van der Waals surface area contributed by atoms with Crippen LogP contribution in [0.1, 0.15) is 47.4 Å².